The van der Waals surface area contributed by atoms with Gasteiger partial charge < -0.3 is 5.73 Å². The van der Waals surface area contributed by atoms with E-state index in [2.05, 4.69) is 25.1 Å². The van der Waals surface area contributed by atoms with Crippen LogP contribution >= 0.6 is 0 Å². The lowest BCUT2D eigenvalue weighted by molar-refractivity contribution is 0.452. The average Bonchev–Trinajstić information content (AvgIpc) is 2.82. The van der Waals surface area contributed by atoms with Crippen LogP contribution in [-0.2, 0) is 5.41 Å². The lowest BCUT2D eigenvalue weighted by Gasteiger charge is -2.29. The summed E-state index contributed by atoms with van der Waals surface area (Å²) in [6, 6.07) is 6.59. The van der Waals surface area contributed by atoms with Crippen LogP contribution in [0.3, 0.4) is 0 Å². The molecule has 0 aromatic heterocycles. The van der Waals surface area contributed by atoms with Gasteiger partial charge in [-0.05, 0) is 49.4 Å². The van der Waals surface area contributed by atoms with Crippen LogP contribution in [0.1, 0.15) is 47.9 Å². The number of hydrogen-bond donors (Lipinski definition) is 1. The summed E-state index contributed by atoms with van der Waals surface area (Å²) < 4.78 is 0. The number of nitrogens with two attached hydrogens (primary N) is 1. The third kappa shape index (κ3) is 1.96. The zero-order valence-electron chi connectivity index (χ0n) is 10.7. The number of nitrogens with zero attached hydrogens (tertiary/aromatic N) is 1. The number of benzene rings is 1. The Hall–Kier alpha value is -1.33. The number of nitriles is 1. The quantitative estimate of drug-likeness (QED) is 0.846. The van der Waals surface area contributed by atoms with Gasteiger partial charge in [0.2, 0.25) is 0 Å². The Morgan fingerprint density at radius 2 is 1.94 bits per heavy atom. The van der Waals surface area contributed by atoms with E-state index in [1.165, 1.54) is 24.0 Å². The minimum Gasteiger partial charge on any atom is -0.330 e. The smallest absolute Gasteiger partial charge is 0.0994 e. The Balaban J connectivity index is 2.52. The minimum atomic E-state index is 0.129. The van der Waals surface area contributed by atoms with Gasteiger partial charge in [0.05, 0.1) is 11.6 Å². The van der Waals surface area contributed by atoms with Crippen LogP contribution < -0.4 is 5.73 Å². The van der Waals surface area contributed by atoms with Crippen molar-refractivity contribution in [3.05, 3.63) is 34.4 Å². The molecule has 1 fully saturated rings. The van der Waals surface area contributed by atoms with Gasteiger partial charge in [0.15, 0.2) is 0 Å². The Labute approximate surface area is 103 Å². The summed E-state index contributed by atoms with van der Waals surface area (Å²) in [5.74, 6) is 0. The molecule has 0 atom stereocenters. The molecule has 0 unspecified atom stereocenters. The van der Waals surface area contributed by atoms with Crippen molar-refractivity contribution >= 4 is 0 Å². The summed E-state index contributed by atoms with van der Waals surface area (Å²) in [5.41, 5.74) is 10.5. The fourth-order valence-electron chi connectivity index (χ4n) is 2.94. The van der Waals surface area contributed by atoms with Gasteiger partial charge in [-0.15, -0.1) is 0 Å². The molecule has 1 saturated carbocycles. The average molecular weight is 228 g/mol. The summed E-state index contributed by atoms with van der Waals surface area (Å²) in [6.45, 7) is 4.79. The van der Waals surface area contributed by atoms with E-state index in [1.54, 1.807) is 0 Å². The fraction of sp³-hybridized carbons (Fsp3) is 0.533. The van der Waals surface area contributed by atoms with Gasteiger partial charge in [0.25, 0.3) is 0 Å². The zero-order chi connectivity index (χ0) is 12.5. The molecule has 2 heteroatoms. The number of aryl methyl sites for hydroxylation is 1. The van der Waals surface area contributed by atoms with E-state index in [-0.39, 0.29) is 5.41 Å². The molecule has 2 N–H and O–H groups in total. The number of rotatable bonds is 2. The topological polar surface area (TPSA) is 49.8 Å². The predicted molar refractivity (Wildman–Crippen MR) is 69.8 cm³/mol. The normalized spacial score (nSPS) is 18.0. The molecule has 0 aliphatic heterocycles. The van der Waals surface area contributed by atoms with Gasteiger partial charge in [0, 0.05) is 12.0 Å². The second kappa shape index (κ2) is 4.50. The summed E-state index contributed by atoms with van der Waals surface area (Å²) in [6.07, 6.45) is 4.84. The first-order valence-corrected chi connectivity index (χ1v) is 6.35. The van der Waals surface area contributed by atoms with E-state index in [1.807, 2.05) is 6.92 Å². The van der Waals surface area contributed by atoms with Crippen LogP contribution in [0.5, 0.6) is 0 Å². The molecule has 0 amide bonds. The van der Waals surface area contributed by atoms with E-state index in [4.69, 9.17) is 5.73 Å². The third-order valence-corrected chi connectivity index (χ3v) is 4.35. The summed E-state index contributed by atoms with van der Waals surface area (Å²) in [4.78, 5) is 0. The van der Waals surface area contributed by atoms with Gasteiger partial charge in [-0.3, -0.25) is 0 Å². The maximum absolute atomic E-state index is 9.19. The van der Waals surface area contributed by atoms with E-state index < -0.39 is 0 Å². The molecule has 0 saturated heterocycles. The molecule has 1 aliphatic carbocycles. The Morgan fingerprint density at radius 1 is 1.29 bits per heavy atom. The number of hydrogen-bond acceptors (Lipinski definition) is 2. The van der Waals surface area contributed by atoms with Crippen molar-refractivity contribution in [2.45, 2.75) is 44.9 Å². The Kier molecular flexibility index (Phi) is 3.22. The van der Waals surface area contributed by atoms with Crippen molar-refractivity contribution in [1.82, 2.24) is 0 Å². The molecule has 1 aliphatic rings. The highest BCUT2D eigenvalue weighted by Crippen LogP contribution is 2.41. The molecule has 2 rings (SSSR count). The van der Waals surface area contributed by atoms with Crippen molar-refractivity contribution in [1.29, 1.82) is 5.26 Å². The van der Waals surface area contributed by atoms with Crippen molar-refractivity contribution in [2.75, 3.05) is 6.54 Å². The third-order valence-electron chi connectivity index (χ3n) is 4.35. The molecule has 17 heavy (non-hydrogen) atoms. The molecule has 0 spiro atoms. The molecular weight excluding hydrogens is 208 g/mol. The second-order valence-electron chi connectivity index (χ2n) is 5.27. The van der Waals surface area contributed by atoms with E-state index in [9.17, 15) is 5.26 Å². The van der Waals surface area contributed by atoms with Crippen molar-refractivity contribution < 1.29 is 0 Å². The largest absolute Gasteiger partial charge is 0.330 e. The van der Waals surface area contributed by atoms with Crippen LogP contribution in [0.2, 0.25) is 0 Å². The molecule has 1 aromatic rings. The van der Waals surface area contributed by atoms with E-state index in [0.29, 0.717) is 6.54 Å². The first-order valence-electron chi connectivity index (χ1n) is 6.35. The lowest BCUT2D eigenvalue weighted by atomic mass is 9.77. The monoisotopic (exact) mass is 228 g/mol. The van der Waals surface area contributed by atoms with E-state index in [0.717, 1.165) is 24.0 Å². The van der Waals surface area contributed by atoms with Crippen molar-refractivity contribution in [3.63, 3.8) is 0 Å². The highest BCUT2D eigenvalue weighted by molar-refractivity contribution is 5.47. The second-order valence-corrected chi connectivity index (χ2v) is 5.27. The fourth-order valence-corrected chi connectivity index (χ4v) is 2.94. The van der Waals surface area contributed by atoms with Crippen LogP contribution in [0.4, 0.5) is 0 Å². The first kappa shape index (κ1) is 12.1. The Morgan fingerprint density at radius 3 is 2.47 bits per heavy atom. The van der Waals surface area contributed by atoms with Gasteiger partial charge in [0.1, 0.15) is 0 Å². The van der Waals surface area contributed by atoms with Crippen molar-refractivity contribution in [3.8, 4) is 6.07 Å². The van der Waals surface area contributed by atoms with Gasteiger partial charge >= 0.3 is 0 Å². The van der Waals surface area contributed by atoms with Crippen LogP contribution in [-0.4, -0.2) is 6.54 Å². The van der Waals surface area contributed by atoms with Gasteiger partial charge in [-0.2, -0.15) is 5.26 Å². The zero-order valence-corrected chi connectivity index (χ0v) is 10.7. The van der Waals surface area contributed by atoms with Gasteiger partial charge in [-0.1, -0.05) is 18.9 Å². The van der Waals surface area contributed by atoms with Gasteiger partial charge in [-0.25, -0.2) is 0 Å². The molecule has 0 radical (unpaired) electrons. The van der Waals surface area contributed by atoms with Crippen LogP contribution in [0, 0.1) is 25.2 Å². The molecule has 0 heterocycles. The summed E-state index contributed by atoms with van der Waals surface area (Å²) in [7, 11) is 0. The summed E-state index contributed by atoms with van der Waals surface area (Å²) in [5, 5.41) is 9.19. The highest BCUT2D eigenvalue weighted by atomic mass is 14.6. The molecule has 1 aromatic carbocycles. The Bertz CT molecular complexity index is 463. The van der Waals surface area contributed by atoms with Crippen molar-refractivity contribution in [2.24, 2.45) is 5.73 Å². The van der Waals surface area contributed by atoms with Crippen LogP contribution in [0.15, 0.2) is 12.1 Å². The predicted octanol–water partition coefficient (Wildman–Crippen LogP) is 2.95. The molecule has 2 nitrogen and oxygen atoms in total. The first-order chi connectivity index (χ1) is 8.13. The summed E-state index contributed by atoms with van der Waals surface area (Å²) >= 11 is 0. The minimum absolute atomic E-state index is 0.129. The van der Waals surface area contributed by atoms with Crippen LogP contribution in [0.25, 0.3) is 0 Å². The maximum atomic E-state index is 9.19. The van der Waals surface area contributed by atoms with E-state index >= 15 is 0 Å². The maximum Gasteiger partial charge on any atom is 0.0994 e. The molecular formula is C15H20N2. The standard InChI is InChI=1S/C15H20N2/c1-11-7-14(8-13(9-16)12(11)2)15(10-17)5-3-4-6-15/h7-8H,3-6,10,17H2,1-2H3. The molecule has 0 bridgehead atoms. The highest BCUT2D eigenvalue weighted by Gasteiger charge is 2.34. The SMILES string of the molecule is Cc1cc(C2(CN)CCCC2)cc(C#N)c1C. The molecule has 90 valence electrons. The lowest BCUT2D eigenvalue weighted by Crippen LogP contribution is -2.32.